The number of hydrogen-bond donors (Lipinski definition) is 1. The monoisotopic (exact) mass is 450 g/mol. The van der Waals surface area contributed by atoms with Crippen LogP contribution in [0.1, 0.15) is 24.4 Å². The lowest BCUT2D eigenvalue weighted by molar-refractivity contribution is -0.113. The highest BCUT2D eigenvalue weighted by atomic mass is 35.5. The molecular weight excluding hydrogens is 431 g/mol. The van der Waals surface area contributed by atoms with E-state index in [9.17, 15) is 4.79 Å². The lowest BCUT2D eigenvalue weighted by Gasteiger charge is -2.15. The molecule has 1 heterocycles. The van der Waals surface area contributed by atoms with Crippen molar-refractivity contribution in [2.45, 2.75) is 25.1 Å². The number of aromatic nitrogens is 3. The van der Waals surface area contributed by atoms with Crippen LogP contribution in [0.4, 0.5) is 5.69 Å². The van der Waals surface area contributed by atoms with Gasteiger partial charge in [-0.1, -0.05) is 53.2 Å². The summed E-state index contributed by atoms with van der Waals surface area (Å²) in [7, 11) is 1.83. The van der Waals surface area contributed by atoms with Gasteiger partial charge in [0.1, 0.15) is 5.75 Å². The molecular formula is C20H20Cl2N4O2S. The van der Waals surface area contributed by atoms with Gasteiger partial charge < -0.3 is 14.6 Å². The highest BCUT2D eigenvalue weighted by molar-refractivity contribution is 7.99. The van der Waals surface area contributed by atoms with E-state index in [2.05, 4.69) is 15.5 Å². The van der Waals surface area contributed by atoms with Crippen molar-refractivity contribution in [3.8, 4) is 5.75 Å². The van der Waals surface area contributed by atoms with E-state index in [1.165, 1.54) is 11.8 Å². The van der Waals surface area contributed by atoms with Gasteiger partial charge in [0.05, 0.1) is 10.8 Å². The number of amides is 1. The highest BCUT2D eigenvalue weighted by Gasteiger charge is 2.19. The summed E-state index contributed by atoms with van der Waals surface area (Å²) in [5.41, 5.74) is 1.82. The van der Waals surface area contributed by atoms with E-state index in [1.807, 2.05) is 45.2 Å². The van der Waals surface area contributed by atoms with Gasteiger partial charge in [-0.3, -0.25) is 4.79 Å². The molecule has 1 amide bonds. The second-order valence-electron chi connectivity index (χ2n) is 6.39. The van der Waals surface area contributed by atoms with Gasteiger partial charge in [0.25, 0.3) is 0 Å². The number of nitrogens with one attached hydrogen (secondary N) is 1. The van der Waals surface area contributed by atoms with Gasteiger partial charge in [-0.2, -0.15) is 0 Å². The Balaban J connectivity index is 1.61. The zero-order valence-corrected chi connectivity index (χ0v) is 18.5. The number of thioether (sulfide) groups is 1. The Morgan fingerprint density at radius 1 is 1.24 bits per heavy atom. The van der Waals surface area contributed by atoms with Crippen molar-refractivity contribution in [3.05, 3.63) is 63.9 Å². The second-order valence-corrected chi connectivity index (χ2v) is 8.17. The molecule has 3 rings (SSSR count). The van der Waals surface area contributed by atoms with Crippen molar-refractivity contribution in [2.24, 2.45) is 7.05 Å². The largest absolute Gasteiger partial charge is 0.481 e. The summed E-state index contributed by atoms with van der Waals surface area (Å²) < 4.78 is 7.70. The fourth-order valence-corrected chi connectivity index (χ4v) is 3.82. The number of halogens is 2. The Labute approximate surface area is 183 Å². The third kappa shape index (κ3) is 5.44. The van der Waals surface area contributed by atoms with Crippen molar-refractivity contribution in [2.75, 3.05) is 11.1 Å². The summed E-state index contributed by atoms with van der Waals surface area (Å²) in [5, 5.41) is 12.9. The van der Waals surface area contributed by atoms with Gasteiger partial charge in [-0.15, -0.1) is 10.2 Å². The van der Waals surface area contributed by atoms with Crippen LogP contribution in [-0.4, -0.2) is 26.4 Å². The van der Waals surface area contributed by atoms with Crippen molar-refractivity contribution in [1.29, 1.82) is 0 Å². The average molecular weight is 451 g/mol. The first-order valence-corrected chi connectivity index (χ1v) is 10.6. The molecule has 9 heteroatoms. The van der Waals surface area contributed by atoms with E-state index in [0.717, 1.165) is 11.3 Å². The predicted octanol–water partition coefficient (Wildman–Crippen LogP) is 5.30. The van der Waals surface area contributed by atoms with Crippen molar-refractivity contribution in [1.82, 2.24) is 14.8 Å². The maximum absolute atomic E-state index is 12.3. The molecule has 1 unspecified atom stereocenters. The van der Waals surface area contributed by atoms with Crippen LogP contribution in [0.25, 0.3) is 0 Å². The molecule has 0 saturated heterocycles. The lowest BCUT2D eigenvalue weighted by atomic mass is 10.2. The number of para-hydroxylation sites is 1. The molecule has 0 radical (unpaired) electrons. The first kappa shape index (κ1) is 21.5. The van der Waals surface area contributed by atoms with E-state index in [1.54, 1.807) is 22.8 Å². The molecule has 2 aromatic carbocycles. The maximum Gasteiger partial charge on any atom is 0.234 e. The molecule has 0 aliphatic rings. The van der Waals surface area contributed by atoms with Gasteiger partial charge >= 0.3 is 0 Å². The molecule has 0 aliphatic carbocycles. The number of aryl methyl sites for hydroxylation is 1. The van der Waals surface area contributed by atoms with Crippen LogP contribution < -0.4 is 10.1 Å². The number of anilines is 1. The molecule has 1 atom stereocenters. The Kier molecular flexibility index (Phi) is 7.05. The topological polar surface area (TPSA) is 69.0 Å². The molecule has 6 nitrogen and oxygen atoms in total. The third-order valence-corrected chi connectivity index (χ3v) is 5.73. The average Bonchev–Trinajstić information content (AvgIpc) is 3.05. The normalized spacial score (nSPS) is 11.9. The summed E-state index contributed by atoms with van der Waals surface area (Å²) in [6.45, 7) is 3.81. The van der Waals surface area contributed by atoms with Gasteiger partial charge in [0, 0.05) is 17.8 Å². The van der Waals surface area contributed by atoms with E-state index in [-0.39, 0.29) is 17.8 Å². The summed E-state index contributed by atoms with van der Waals surface area (Å²) in [4.78, 5) is 12.3. The Bertz CT molecular complexity index is 1030. The summed E-state index contributed by atoms with van der Waals surface area (Å²) in [6.07, 6.45) is -0.388. The molecule has 3 aromatic rings. The van der Waals surface area contributed by atoms with Crippen LogP contribution in [0.3, 0.4) is 0 Å². The molecule has 1 N–H and O–H groups in total. The zero-order valence-electron chi connectivity index (χ0n) is 16.1. The number of rotatable bonds is 7. The molecule has 152 valence electrons. The highest BCUT2D eigenvalue weighted by Crippen LogP contribution is 2.31. The maximum atomic E-state index is 12.3. The minimum Gasteiger partial charge on any atom is -0.481 e. The number of carbonyl (C=O) groups is 1. The zero-order chi connectivity index (χ0) is 21.0. The minimum atomic E-state index is -0.388. The van der Waals surface area contributed by atoms with E-state index < -0.39 is 0 Å². The number of nitrogens with zero attached hydrogens (tertiary/aromatic N) is 3. The summed E-state index contributed by atoms with van der Waals surface area (Å²) >= 11 is 13.4. The number of carbonyl (C=O) groups excluding carboxylic acids is 1. The minimum absolute atomic E-state index is 0.105. The lowest BCUT2D eigenvalue weighted by Crippen LogP contribution is -2.15. The van der Waals surface area contributed by atoms with Crippen LogP contribution in [0.5, 0.6) is 5.75 Å². The van der Waals surface area contributed by atoms with Crippen LogP contribution >= 0.6 is 35.0 Å². The molecule has 0 saturated carbocycles. The fourth-order valence-electron chi connectivity index (χ4n) is 2.65. The molecule has 0 fully saturated rings. The van der Waals surface area contributed by atoms with E-state index in [0.29, 0.717) is 26.8 Å². The molecule has 29 heavy (non-hydrogen) atoms. The standard InChI is InChI=1S/C20H20Cl2N4O2S/c1-12-6-4-5-7-16(12)23-18(27)11-29-20-25-24-19(26(20)3)13(2)28-17-9-8-14(21)10-15(17)22/h4-10,13H,11H2,1-3H3,(H,23,27). The van der Waals surface area contributed by atoms with Gasteiger partial charge in [0.2, 0.25) is 5.91 Å². The van der Waals surface area contributed by atoms with Crippen LogP contribution in [0, 0.1) is 6.92 Å². The second kappa shape index (κ2) is 9.52. The van der Waals surface area contributed by atoms with Gasteiger partial charge in [-0.05, 0) is 43.7 Å². The number of benzene rings is 2. The Morgan fingerprint density at radius 2 is 2.00 bits per heavy atom. The number of ether oxygens (including phenoxy) is 1. The van der Waals surface area contributed by atoms with Crippen LogP contribution in [-0.2, 0) is 11.8 Å². The SMILES string of the molecule is Cc1ccccc1NC(=O)CSc1nnc(C(C)Oc2ccc(Cl)cc2Cl)n1C. The van der Waals surface area contributed by atoms with E-state index >= 15 is 0 Å². The molecule has 0 aliphatic heterocycles. The predicted molar refractivity (Wildman–Crippen MR) is 117 cm³/mol. The van der Waals surface area contributed by atoms with Crippen LogP contribution in [0.15, 0.2) is 47.6 Å². The molecule has 0 bridgehead atoms. The first-order valence-electron chi connectivity index (χ1n) is 8.84. The van der Waals surface area contributed by atoms with Crippen molar-refractivity contribution >= 4 is 46.6 Å². The molecule has 1 aromatic heterocycles. The third-order valence-electron chi connectivity index (χ3n) is 4.18. The molecule has 0 spiro atoms. The fraction of sp³-hybridized carbons (Fsp3) is 0.250. The van der Waals surface area contributed by atoms with Gasteiger partial charge in [0.15, 0.2) is 17.1 Å². The van der Waals surface area contributed by atoms with Crippen LogP contribution in [0.2, 0.25) is 10.0 Å². The summed E-state index contributed by atoms with van der Waals surface area (Å²) in [5.74, 6) is 1.25. The summed E-state index contributed by atoms with van der Waals surface area (Å²) in [6, 6.07) is 12.7. The number of hydrogen-bond acceptors (Lipinski definition) is 5. The van der Waals surface area contributed by atoms with E-state index in [4.69, 9.17) is 27.9 Å². The smallest absolute Gasteiger partial charge is 0.234 e. The first-order chi connectivity index (χ1) is 13.8. The quantitative estimate of drug-likeness (QED) is 0.494. The van der Waals surface area contributed by atoms with Crippen molar-refractivity contribution < 1.29 is 9.53 Å². The van der Waals surface area contributed by atoms with Crippen molar-refractivity contribution in [3.63, 3.8) is 0 Å². The Hall–Kier alpha value is -2.22. The van der Waals surface area contributed by atoms with Gasteiger partial charge in [-0.25, -0.2) is 0 Å². The Morgan fingerprint density at radius 3 is 2.72 bits per heavy atom.